The van der Waals surface area contributed by atoms with Crippen molar-refractivity contribution in [3.05, 3.63) is 107 Å². The molecule has 0 bridgehead atoms. The number of hydrogen-bond acceptors (Lipinski definition) is 10. The molecule has 6 heterocycles. The van der Waals surface area contributed by atoms with E-state index in [0.29, 0.717) is 55.1 Å². The number of aldehydes is 1. The number of piperazine rings is 1. The van der Waals surface area contributed by atoms with Crippen molar-refractivity contribution in [2.75, 3.05) is 52.5 Å². The SMILES string of the molecule is C.Cl.NC(=O)N1CCCCC1.NC(=O)N1CCN(Cc2ccc([C@H]3COc4cccnc4O3)cc2)CC1.O=Cc1ccc([C@H]2COc3cccnc3O2)cc1. The molecule has 294 valence electrons. The number of nitrogens with zero attached hydrogens (tertiary/aromatic N) is 5. The van der Waals surface area contributed by atoms with Crippen LogP contribution in [0.15, 0.2) is 85.2 Å². The number of pyridine rings is 2. The summed E-state index contributed by atoms with van der Waals surface area (Å²) >= 11 is 0. The van der Waals surface area contributed by atoms with Gasteiger partial charge >= 0.3 is 12.1 Å². The number of urea groups is 2. The molecule has 2 saturated heterocycles. The number of fused-ring (bicyclic) bond motifs is 2. The number of halogens is 1. The third-order valence-corrected chi connectivity index (χ3v) is 9.31. The van der Waals surface area contributed by atoms with Gasteiger partial charge in [-0.05, 0) is 60.2 Å². The van der Waals surface area contributed by atoms with E-state index in [2.05, 4.69) is 39.1 Å². The second-order valence-corrected chi connectivity index (χ2v) is 13.0. The van der Waals surface area contributed by atoms with E-state index in [1.807, 2.05) is 30.3 Å². The maximum atomic E-state index is 11.2. The Labute approximate surface area is 328 Å². The molecule has 2 atom stereocenters. The molecule has 2 aromatic heterocycles. The summed E-state index contributed by atoms with van der Waals surface area (Å²) in [7, 11) is 0. The molecule has 0 saturated carbocycles. The fourth-order valence-electron chi connectivity index (χ4n) is 6.27. The number of nitrogens with two attached hydrogens (primary N) is 2. The molecule has 0 spiro atoms. The minimum Gasteiger partial charge on any atom is -0.484 e. The fraction of sp³-hybridized carbons (Fsp3) is 0.375. The van der Waals surface area contributed by atoms with Crippen molar-refractivity contribution in [1.29, 1.82) is 0 Å². The first-order valence-electron chi connectivity index (χ1n) is 17.8. The normalized spacial score (nSPS) is 18.3. The Morgan fingerprint density at radius 3 is 1.60 bits per heavy atom. The van der Waals surface area contributed by atoms with Crippen LogP contribution in [0, 0.1) is 0 Å². The minimum atomic E-state index is -0.334. The molecular formula is C40H50ClN7O7. The van der Waals surface area contributed by atoms with Crippen molar-refractivity contribution < 1.29 is 33.3 Å². The van der Waals surface area contributed by atoms with Gasteiger partial charge in [0.1, 0.15) is 19.5 Å². The summed E-state index contributed by atoms with van der Waals surface area (Å²) in [5.74, 6) is 2.40. The predicted molar refractivity (Wildman–Crippen MR) is 210 cm³/mol. The third kappa shape index (κ3) is 11.7. The van der Waals surface area contributed by atoms with Crippen molar-refractivity contribution in [2.24, 2.45) is 11.5 Å². The number of piperidine rings is 1. The number of carbonyl (C=O) groups is 3. The van der Waals surface area contributed by atoms with Gasteiger partial charge in [0.05, 0.1) is 0 Å². The van der Waals surface area contributed by atoms with Gasteiger partial charge < -0.3 is 40.2 Å². The number of hydrogen-bond donors (Lipinski definition) is 2. The van der Waals surface area contributed by atoms with E-state index in [0.717, 1.165) is 63.0 Å². The van der Waals surface area contributed by atoms with Gasteiger partial charge in [-0.25, -0.2) is 19.6 Å². The second-order valence-electron chi connectivity index (χ2n) is 13.0. The highest BCUT2D eigenvalue weighted by Crippen LogP contribution is 2.35. The largest absolute Gasteiger partial charge is 0.484 e. The lowest BCUT2D eigenvalue weighted by molar-refractivity contribution is 0.0850. The predicted octanol–water partition coefficient (Wildman–Crippen LogP) is 5.81. The topological polar surface area (TPSA) is 176 Å². The zero-order valence-corrected chi connectivity index (χ0v) is 30.8. The van der Waals surface area contributed by atoms with Crippen LogP contribution in [0.2, 0.25) is 0 Å². The summed E-state index contributed by atoms with van der Waals surface area (Å²) in [6.07, 6.45) is 7.32. The highest BCUT2D eigenvalue weighted by atomic mass is 35.5. The van der Waals surface area contributed by atoms with E-state index >= 15 is 0 Å². The average Bonchev–Trinajstić information content (AvgIpc) is 3.22. The van der Waals surface area contributed by atoms with Gasteiger partial charge in [-0.1, -0.05) is 56.0 Å². The van der Waals surface area contributed by atoms with E-state index in [1.54, 1.807) is 40.4 Å². The Kier molecular flexibility index (Phi) is 15.9. The molecule has 4 aliphatic rings. The van der Waals surface area contributed by atoms with Gasteiger partial charge in [0.15, 0.2) is 23.7 Å². The summed E-state index contributed by atoms with van der Waals surface area (Å²) in [4.78, 5) is 46.3. The van der Waals surface area contributed by atoms with Crippen LogP contribution in [-0.2, 0) is 6.54 Å². The van der Waals surface area contributed by atoms with E-state index in [4.69, 9.17) is 30.4 Å². The summed E-state index contributed by atoms with van der Waals surface area (Å²) in [5.41, 5.74) is 14.3. The van der Waals surface area contributed by atoms with E-state index < -0.39 is 0 Å². The maximum Gasteiger partial charge on any atom is 0.314 e. The first-order valence-corrected chi connectivity index (χ1v) is 17.8. The smallest absolute Gasteiger partial charge is 0.314 e. The van der Waals surface area contributed by atoms with Gasteiger partial charge in [0.25, 0.3) is 11.8 Å². The number of aromatic nitrogens is 2. The van der Waals surface area contributed by atoms with Crippen molar-refractivity contribution in [2.45, 2.75) is 45.4 Å². The van der Waals surface area contributed by atoms with Crippen molar-refractivity contribution in [3.8, 4) is 23.3 Å². The summed E-state index contributed by atoms with van der Waals surface area (Å²) < 4.78 is 23.0. The molecule has 0 unspecified atom stereocenters. The molecule has 14 nitrogen and oxygen atoms in total. The number of carbonyl (C=O) groups excluding carboxylic acids is 3. The summed E-state index contributed by atoms with van der Waals surface area (Å²) in [5, 5.41) is 0. The molecule has 55 heavy (non-hydrogen) atoms. The molecule has 8 rings (SSSR count). The Morgan fingerprint density at radius 1 is 0.673 bits per heavy atom. The highest BCUT2D eigenvalue weighted by molar-refractivity contribution is 5.85. The number of benzene rings is 2. The van der Waals surface area contributed by atoms with Crippen molar-refractivity contribution >= 4 is 30.8 Å². The molecule has 4 N–H and O–H groups in total. The Bertz CT molecular complexity index is 1820. The van der Waals surface area contributed by atoms with Crippen molar-refractivity contribution in [1.82, 2.24) is 24.7 Å². The summed E-state index contributed by atoms with van der Waals surface area (Å²) in [6.45, 7) is 6.55. The van der Waals surface area contributed by atoms with Crippen LogP contribution in [0.3, 0.4) is 0 Å². The molecular weight excluding hydrogens is 726 g/mol. The monoisotopic (exact) mass is 775 g/mol. The molecule has 2 aromatic carbocycles. The van der Waals surface area contributed by atoms with Crippen LogP contribution in [0.4, 0.5) is 9.59 Å². The van der Waals surface area contributed by atoms with Gasteiger partial charge in [0, 0.05) is 63.8 Å². The van der Waals surface area contributed by atoms with Crippen molar-refractivity contribution in [3.63, 3.8) is 0 Å². The van der Waals surface area contributed by atoms with E-state index in [-0.39, 0.29) is 44.1 Å². The summed E-state index contributed by atoms with van der Waals surface area (Å²) in [6, 6.07) is 22.4. The second kappa shape index (κ2) is 20.7. The lowest BCUT2D eigenvalue weighted by Crippen LogP contribution is -2.50. The zero-order valence-electron chi connectivity index (χ0n) is 30.0. The number of likely N-dealkylation sites (tertiary alicyclic amines) is 1. The molecule has 15 heteroatoms. The van der Waals surface area contributed by atoms with Crippen LogP contribution in [0.5, 0.6) is 23.3 Å². The average molecular weight is 776 g/mol. The number of primary amides is 2. The number of amides is 4. The van der Waals surface area contributed by atoms with E-state index in [9.17, 15) is 14.4 Å². The van der Waals surface area contributed by atoms with Gasteiger partial charge in [-0.2, -0.15) is 0 Å². The number of ether oxygens (including phenoxy) is 4. The maximum absolute atomic E-state index is 11.2. The van der Waals surface area contributed by atoms with Crippen LogP contribution in [0.1, 0.15) is 65.9 Å². The Morgan fingerprint density at radius 2 is 1.15 bits per heavy atom. The molecule has 0 radical (unpaired) electrons. The van der Waals surface area contributed by atoms with Gasteiger partial charge in [-0.3, -0.25) is 9.69 Å². The first kappa shape index (κ1) is 42.1. The van der Waals surface area contributed by atoms with Crippen LogP contribution in [-0.4, -0.2) is 95.5 Å². The molecule has 4 aliphatic heterocycles. The standard InChI is InChI=1S/C19H22N4O3.C14H11NO3.C6H12N2O.CH4.ClH/c20-19(24)23-10-8-22(9-11-23)12-14-3-5-15(6-4-14)17-13-25-16-2-1-7-21-18(16)26-17;16-8-10-3-5-11(6-4-10)13-9-17-12-2-1-7-15-14(12)18-13;7-6(9)8-4-2-1-3-5-8;;/h1-7,17H,8-13H2,(H2,20,24);1-8,13H,9H2;1-5H2,(H2,7,9);1H4;1H/t17-;13-;;;/m11.../s1. The lowest BCUT2D eigenvalue weighted by Gasteiger charge is -2.33. The molecule has 4 aromatic rings. The molecule has 4 amide bonds. The van der Waals surface area contributed by atoms with Crippen LogP contribution >= 0.6 is 12.4 Å². The van der Waals surface area contributed by atoms with Crippen LogP contribution < -0.4 is 30.4 Å². The van der Waals surface area contributed by atoms with Crippen LogP contribution in [0.25, 0.3) is 0 Å². The zero-order chi connectivity index (χ0) is 37.0. The molecule has 2 fully saturated rings. The lowest BCUT2D eigenvalue weighted by atomic mass is 10.1. The van der Waals surface area contributed by atoms with E-state index in [1.165, 1.54) is 12.0 Å². The molecule has 0 aliphatic carbocycles. The fourth-order valence-corrected chi connectivity index (χ4v) is 6.27. The third-order valence-electron chi connectivity index (χ3n) is 9.31. The Hall–Kier alpha value is -5.60. The highest BCUT2D eigenvalue weighted by Gasteiger charge is 2.25. The van der Waals surface area contributed by atoms with Gasteiger partial charge in [0.2, 0.25) is 0 Å². The Balaban J connectivity index is 0.000000201. The van der Waals surface area contributed by atoms with Gasteiger partial charge in [-0.15, -0.1) is 12.4 Å². The quantitative estimate of drug-likeness (QED) is 0.236. The number of rotatable bonds is 5. The first-order chi connectivity index (χ1) is 25.9. The minimum absolute atomic E-state index is 0.